The van der Waals surface area contributed by atoms with Gasteiger partial charge in [0, 0.05) is 61.0 Å². The number of nitrogens with zero attached hydrogens (tertiary/aromatic N) is 3. The molecule has 0 radical (unpaired) electrons. The molecule has 1 amide bonds. The maximum absolute atomic E-state index is 12.8. The first-order valence-electron chi connectivity index (χ1n) is 12.0. The summed E-state index contributed by atoms with van der Waals surface area (Å²) in [5, 5.41) is 9.25. The fraction of sp³-hybridized carbons (Fsp3) is 0.333. The van der Waals surface area contributed by atoms with Crippen molar-refractivity contribution in [1.82, 2.24) is 15.5 Å². The smallest absolute Gasteiger partial charge is 0.387 e. The summed E-state index contributed by atoms with van der Waals surface area (Å²) in [6.07, 6.45) is 4.71. The number of hydrogen-bond donors (Lipinski definition) is 3. The number of aldehydes is 1. The molecule has 0 aliphatic rings. The van der Waals surface area contributed by atoms with Crippen molar-refractivity contribution < 1.29 is 23.1 Å². The van der Waals surface area contributed by atoms with Crippen LogP contribution in [0.3, 0.4) is 0 Å². The van der Waals surface area contributed by atoms with Crippen molar-refractivity contribution in [3.8, 4) is 5.75 Å². The number of hydrogen-bond acceptors (Lipinski definition) is 8. The van der Waals surface area contributed by atoms with Gasteiger partial charge in [0.15, 0.2) is 6.29 Å². The summed E-state index contributed by atoms with van der Waals surface area (Å²) in [7, 11) is 3.63. The van der Waals surface area contributed by atoms with Crippen molar-refractivity contribution >= 4 is 36.9 Å². The van der Waals surface area contributed by atoms with E-state index < -0.39 is 6.61 Å². The Morgan fingerprint density at radius 3 is 2.61 bits per heavy atom. The molecule has 1 unspecified atom stereocenters. The molecule has 0 fully saturated rings. The maximum atomic E-state index is 12.8. The number of rotatable bonds is 18. The van der Waals surface area contributed by atoms with Crippen LogP contribution < -0.4 is 20.7 Å². The number of ether oxygens (including phenoxy) is 1. The Hall–Kier alpha value is -3.96. The Bertz CT molecular complexity index is 1110. The van der Waals surface area contributed by atoms with Crippen LogP contribution in [-0.2, 0) is 11.3 Å². The van der Waals surface area contributed by atoms with E-state index in [0.29, 0.717) is 60.4 Å². The first-order valence-corrected chi connectivity index (χ1v) is 12.0. The fourth-order valence-electron chi connectivity index (χ4n) is 3.68. The molecule has 204 valence electrons. The minimum atomic E-state index is -2.95. The van der Waals surface area contributed by atoms with E-state index in [1.807, 2.05) is 14.1 Å². The summed E-state index contributed by atoms with van der Waals surface area (Å²) in [6, 6.07) is 11.4. The molecule has 9 nitrogen and oxygen atoms in total. The number of amides is 1. The van der Waals surface area contributed by atoms with Crippen LogP contribution in [0.25, 0.3) is 5.57 Å². The lowest BCUT2D eigenvalue weighted by Gasteiger charge is -2.27. The zero-order chi connectivity index (χ0) is 27.8. The summed E-state index contributed by atoms with van der Waals surface area (Å²) in [4.78, 5) is 33.4. The number of halogens is 2. The van der Waals surface area contributed by atoms with E-state index in [-0.39, 0.29) is 18.3 Å². The summed E-state index contributed by atoms with van der Waals surface area (Å²) >= 11 is 0. The van der Waals surface area contributed by atoms with Crippen LogP contribution >= 0.6 is 0 Å². The highest BCUT2D eigenvalue weighted by molar-refractivity contribution is 6.10. The van der Waals surface area contributed by atoms with Crippen LogP contribution in [-0.4, -0.2) is 83.5 Å². The Labute approximate surface area is 221 Å². The zero-order valence-electron chi connectivity index (χ0n) is 21.6. The Balaban J connectivity index is 2.25. The fourth-order valence-corrected chi connectivity index (χ4v) is 3.68. The van der Waals surface area contributed by atoms with Crippen molar-refractivity contribution in [1.29, 1.82) is 0 Å². The molecule has 0 heterocycles. The molecule has 0 saturated heterocycles. The van der Waals surface area contributed by atoms with Gasteiger partial charge in [0.25, 0.3) is 0 Å². The van der Waals surface area contributed by atoms with E-state index in [9.17, 15) is 18.4 Å². The van der Waals surface area contributed by atoms with Crippen LogP contribution in [0.5, 0.6) is 5.75 Å². The first kappa shape index (κ1) is 30.3. The SMILES string of the molecule is C=N/C=C(\C=NCC(CNC)N(C=O)CCNC)c1ccc(C=O)c(NCc2ccccc2OC(F)F)c1. The van der Waals surface area contributed by atoms with Gasteiger partial charge < -0.3 is 25.6 Å². The third kappa shape index (κ3) is 9.49. The molecule has 0 bridgehead atoms. The summed E-state index contributed by atoms with van der Waals surface area (Å²) in [5.74, 6) is 0.0533. The lowest BCUT2D eigenvalue weighted by atomic mass is 10.0. The summed E-state index contributed by atoms with van der Waals surface area (Å²) < 4.78 is 30.1. The number of carbonyl (C=O) groups excluding carboxylic acids is 2. The Morgan fingerprint density at radius 1 is 1.16 bits per heavy atom. The highest BCUT2D eigenvalue weighted by Gasteiger charge is 2.15. The molecule has 1 atom stereocenters. The molecular formula is C27H34F2N6O3. The van der Waals surface area contributed by atoms with Gasteiger partial charge in [0.05, 0.1) is 12.6 Å². The minimum absolute atomic E-state index is 0.0533. The maximum Gasteiger partial charge on any atom is 0.387 e. The van der Waals surface area contributed by atoms with Crippen molar-refractivity contribution in [2.45, 2.75) is 19.2 Å². The second kappa shape index (κ2) is 16.7. The molecule has 2 rings (SSSR count). The molecule has 0 aromatic heterocycles. The van der Waals surface area contributed by atoms with Gasteiger partial charge in [-0.2, -0.15) is 8.78 Å². The van der Waals surface area contributed by atoms with E-state index in [0.717, 1.165) is 6.41 Å². The number of alkyl halides is 2. The van der Waals surface area contributed by atoms with Gasteiger partial charge in [-0.3, -0.25) is 19.6 Å². The largest absolute Gasteiger partial charge is 0.434 e. The third-order valence-electron chi connectivity index (χ3n) is 5.61. The van der Waals surface area contributed by atoms with E-state index in [4.69, 9.17) is 0 Å². The quantitative estimate of drug-likeness (QED) is 0.203. The molecule has 38 heavy (non-hydrogen) atoms. The molecule has 11 heteroatoms. The van der Waals surface area contributed by atoms with Gasteiger partial charge >= 0.3 is 6.61 Å². The third-order valence-corrected chi connectivity index (χ3v) is 5.61. The zero-order valence-corrected chi connectivity index (χ0v) is 21.6. The average molecular weight is 529 g/mol. The number of benzene rings is 2. The van der Waals surface area contributed by atoms with Gasteiger partial charge in [-0.25, -0.2) is 0 Å². The number of aliphatic imine (C=N–C) groups is 2. The number of para-hydroxylation sites is 1. The normalized spacial score (nSPS) is 12.4. The van der Waals surface area contributed by atoms with Gasteiger partial charge in [0.1, 0.15) is 5.75 Å². The van der Waals surface area contributed by atoms with E-state index in [2.05, 4.69) is 37.4 Å². The topological polar surface area (TPSA) is 107 Å². The molecule has 2 aromatic rings. The van der Waals surface area contributed by atoms with Gasteiger partial charge in [-0.1, -0.05) is 24.3 Å². The van der Waals surface area contributed by atoms with Gasteiger partial charge in [-0.05, 0) is 44.6 Å². The average Bonchev–Trinajstić information content (AvgIpc) is 2.92. The van der Waals surface area contributed by atoms with Crippen LogP contribution in [0, 0.1) is 0 Å². The second-order valence-electron chi connectivity index (χ2n) is 8.18. The van der Waals surface area contributed by atoms with Crippen molar-refractivity contribution in [2.75, 3.05) is 45.6 Å². The predicted octanol–water partition coefficient (Wildman–Crippen LogP) is 3.09. The molecule has 2 aromatic carbocycles. The second-order valence-corrected chi connectivity index (χ2v) is 8.18. The molecule has 0 aliphatic carbocycles. The molecular weight excluding hydrogens is 494 g/mol. The monoisotopic (exact) mass is 528 g/mol. The standard InChI is InChI=1S/C27H34F2N6O3/c1-30-10-11-35(19-37)24(16-32-3)17-33-14-23(13-31-2)20-8-9-22(18-36)25(12-20)34-15-21-6-4-5-7-26(21)38-27(28)29/h4-9,12-14,18-19,24,27,30,32,34H,2,10-11,15-17H2,1,3H3/b23-13+,33-14?. The summed E-state index contributed by atoms with van der Waals surface area (Å²) in [5.41, 5.74) is 2.75. The molecule has 0 aliphatic heterocycles. The van der Waals surface area contributed by atoms with Crippen molar-refractivity contribution in [2.24, 2.45) is 9.98 Å². The first-order chi connectivity index (χ1) is 18.5. The number of allylic oxidation sites excluding steroid dienone is 1. The molecule has 0 spiro atoms. The molecule has 0 saturated carbocycles. The van der Waals surface area contributed by atoms with Crippen molar-refractivity contribution in [3.63, 3.8) is 0 Å². The van der Waals surface area contributed by atoms with Crippen LogP contribution in [0.15, 0.2) is 58.6 Å². The lowest BCUT2D eigenvalue weighted by molar-refractivity contribution is -0.119. The van der Waals surface area contributed by atoms with Gasteiger partial charge in [-0.15, -0.1) is 0 Å². The van der Waals surface area contributed by atoms with E-state index in [1.165, 1.54) is 6.07 Å². The highest BCUT2D eigenvalue weighted by atomic mass is 19.3. The number of likely N-dealkylation sites (N-methyl/N-ethyl adjacent to an activating group) is 2. The number of anilines is 1. The summed E-state index contributed by atoms with van der Waals surface area (Å²) in [6.45, 7) is 2.87. The Morgan fingerprint density at radius 2 is 1.95 bits per heavy atom. The predicted molar refractivity (Wildman–Crippen MR) is 148 cm³/mol. The van der Waals surface area contributed by atoms with Crippen LogP contribution in [0.4, 0.5) is 14.5 Å². The van der Waals surface area contributed by atoms with Crippen LogP contribution in [0.2, 0.25) is 0 Å². The number of nitrogens with one attached hydrogen (secondary N) is 3. The molecule has 3 N–H and O–H groups in total. The highest BCUT2D eigenvalue weighted by Crippen LogP contribution is 2.25. The van der Waals surface area contributed by atoms with E-state index in [1.54, 1.807) is 53.7 Å². The Kier molecular flexibility index (Phi) is 13.3. The number of carbonyl (C=O) groups is 2. The van der Waals surface area contributed by atoms with Crippen molar-refractivity contribution in [3.05, 3.63) is 65.4 Å². The van der Waals surface area contributed by atoms with Gasteiger partial charge in [0.2, 0.25) is 6.41 Å². The van der Waals surface area contributed by atoms with Crippen LogP contribution in [0.1, 0.15) is 21.5 Å². The van der Waals surface area contributed by atoms with E-state index >= 15 is 0 Å². The lowest BCUT2D eigenvalue weighted by Crippen LogP contribution is -2.45. The minimum Gasteiger partial charge on any atom is -0.434 e.